The second-order valence-corrected chi connectivity index (χ2v) is 7.19. The predicted octanol–water partition coefficient (Wildman–Crippen LogP) is 5.50. The summed E-state index contributed by atoms with van der Waals surface area (Å²) in [6, 6.07) is 19.1. The number of aryl methyl sites for hydroxylation is 2. The van der Waals surface area contributed by atoms with Crippen LogP contribution in [-0.2, 0) is 18.3 Å². The predicted molar refractivity (Wildman–Crippen MR) is 112 cm³/mol. The van der Waals surface area contributed by atoms with Crippen LogP contribution >= 0.6 is 0 Å². The van der Waals surface area contributed by atoms with Gasteiger partial charge < -0.3 is 0 Å². The minimum atomic E-state index is -0.620. The van der Waals surface area contributed by atoms with Crippen molar-refractivity contribution in [3.05, 3.63) is 76.5 Å². The van der Waals surface area contributed by atoms with Crippen molar-refractivity contribution < 1.29 is 0 Å². The van der Waals surface area contributed by atoms with Gasteiger partial charge in [0.1, 0.15) is 0 Å². The van der Waals surface area contributed by atoms with Crippen molar-refractivity contribution in [2.75, 3.05) is 0 Å². The van der Waals surface area contributed by atoms with Gasteiger partial charge in [-0.1, -0.05) is 37.1 Å². The van der Waals surface area contributed by atoms with E-state index < -0.39 is 5.41 Å². The third-order valence-electron chi connectivity index (χ3n) is 5.13. The third-order valence-corrected chi connectivity index (χ3v) is 5.13. The maximum absolute atomic E-state index is 9.98. The zero-order valence-electron chi connectivity index (χ0n) is 16.4. The molecule has 0 N–H and O–H groups in total. The standard InChI is InChI=1S/C25H24N2/c1-5-8-19-9-7-10-20(13-19)16-25(4,17-26)23-12-11-22-14-21(6-2)18(3)27-24(22)15-23/h7,9-15H,6,16H2,1-4H3. The fourth-order valence-corrected chi connectivity index (χ4v) is 3.53. The molecule has 27 heavy (non-hydrogen) atoms. The van der Waals surface area contributed by atoms with Gasteiger partial charge in [0.05, 0.1) is 17.0 Å². The molecule has 1 unspecified atom stereocenters. The normalized spacial score (nSPS) is 12.7. The van der Waals surface area contributed by atoms with E-state index in [1.165, 1.54) is 5.56 Å². The van der Waals surface area contributed by atoms with Gasteiger partial charge >= 0.3 is 0 Å². The minimum absolute atomic E-state index is 0.620. The molecule has 1 atom stereocenters. The lowest BCUT2D eigenvalue weighted by atomic mass is 9.78. The Morgan fingerprint density at radius 2 is 1.93 bits per heavy atom. The number of aromatic nitrogens is 1. The van der Waals surface area contributed by atoms with Crippen LogP contribution in [0.5, 0.6) is 0 Å². The average molecular weight is 352 g/mol. The summed E-state index contributed by atoms with van der Waals surface area (Å²) in [7, 11) is 0. The lowest BCUT2D eigenvalue weighted by molar-refractivity contribution is 0.607. The van der Waals surface area contributed by atoms with Gasteiger partial charge in [-0.05, 0) is 74.6 Å². The van der Waals surface area contributed by atoms with Crippen LogP contribution in [0, 0.1) is 30.1 Å². The minimum Gasteiger partial charge on any atom is -0.253 e. The van der Waals surface area contributed by atoms with Crippen molar-refractivity contribution in [1.29, 1.82) is 5.26 Å². The molecule has 0 amide bonds. The van der Waals surface area contributed by atoms with Gasteiger partial charge in [-0.15, -0.1) is 5.92 Å². The van der Waals surface area contributed by atoms with Gasteiger partial charge in [-0.2, -0.15) is 5.26 Å². The van der Waals surface area contributed by atoms with E-state index in [-0.39, 0.29) is 0 Å². The number of nitriles is 1. The van der Waals surface area contributed by atoms with E-state index >= 15 is 0 Å². The fourth-order valence-electron chi connectivity index (χ4n) is 3.53. The van der Waals surface area contributed by atoms with Crippen LogP contribution in [0.2, 0.25) is 0 Å². The number of hydrogen-bond donors (Lipinski definition) is 0. The van der Waals surface area contributed by atoms with Crippen molar-refractivity contribution >= 4 is 10.9 Å². The summed E-state index contributed by atoms with van der Waals surface area (Å²) in [5, 5.41) is 11.1. The molecule has 1 aromatic heterocycles. The second-order valence-electron chi connectivity index (χ2n) is 7.19. The summed E-state index contributed by atoms with van der Waals surface area (Å²) >= 11 is 0. The van der Waals surface area contributed by atoms with E-state index in [2.05, 4.69) is 68.2 Å². The number of rotatable bonds is 4. The highest BCUT2D eigenvalue weighted by Crippen LogP contribution is 2.30. The Morgan fingerprint density at radius 1 is 1.11 bits per heavy atom. The highest BCUT2D eigenvalue weighted by atomic mass is 14.7. The first kappa shape index (κ1) is 18.7. The Hall–Kier alpha value is -3.10. The smallest absolute Gasteiger partial charge is 0.0835 e. The van der Waals surface area contributed by atoms with E-state index in [9.17, 15) is 5.26 Å². The molecule has 0 radical (unpaired) electrons. The summed E-state index contributed by atoms with van der Waals surface area (Å²) in [5.41, 5.74) is 5.77. The van der Waals surface area contributed by atoms with E-state index in [0.29, 0.717) is 6.42 Å². The van der Waals surface area contributed by atoms with Gasteiger partial charge in [0, 0.05) is 16.6 Å². The molecule has 0 saturated heterocycles. The first-order chi connectivity index (χ1) is 13.0. The van der Waals surface area contributed by atoms with E-state index in [0.717, 1.165) is 39.7 Å². The highest BCUT2D eigenvalue weighted by molar-refractivity contribution is 5.80. The molecule has 134 valence electrons. The molecule has 2 aromatic carbocycles. The van der Waals surface area contributed by atoms with Crippen molar-refractivity contribution in [2.24, 2.45) is 0 Å². The topological polar surface area (TPSA) is 36.7 Å². The Bertz CT molecular complexity index is 1090. The molecule has 0 aliphatic rings. The van der Waals surface area contributed by atoms with Crippen LogP contribution in [-0.4, -0.2) is 4.98 Å². The van der Waals surface area contributed by atoms with Gasteiger partial charge in [0.15, 0.2) is 0 Å². The van der Waals surface area contributed by atoms with Crippen molar-refractivity contribution in [1.82, 2.24) is 4.98 Å². The molecule has 2 nitrogen and oxygen atoms in total. The first-order valence-electron chi connectivity index (χ1n) is 9.33. The largest absolute Gasteiger partial charge is 0.253 e. The molecule has 3 aromatic rings. The molecule has 0 bridgehead atoms. The zero-order valence-corrected chi connectivity index (χ0v) is 16.4. The molecule has 0 aliphatic carbocycles. The maximum Gasteiger partial charge on any atom is 0.0835 e. The molecule has 0 spiro atoms. The average Bonchev–Trinajstić information content (AvgIpc) is 2.67. The number of pyridine rings is 1. The van der Waals surface area contributed by atoms with Gasteiger partial charge in [0.25, 0.3) is 0 Å². The molecule has 1 heterocycles. The fraction of sp³-hybridized carbons (Fsp3) is 0.280. The number of benzene rings is 2. The van der Waals surface area contributed by atoms with Crippen molar-refractivity contribution in [3.63, 3.8) is 0 Å². The van der Waals surface area contributed by atoms with Crippen molar-refractivity contribution in [2.45, 2.75) is 46.0 Å². The number of hydrogen-bond acceptors (Lipinski definition) is 2. The highest BCUT2D eigenvalue weighted by Gasteiger charge is 2.27. The maximum atomic E-state index is 9.98. The van der Waals surface area contributed by atoms with Crippen molar-refractivity contribution in [3.8, 4) is 17.9 Å². The third kappa shape index (κ3) is 3.86. The Balaban J connectivity index is 2.02. The van der Waals surface area contributed by atoms with Gasteiger partial charge in [0.2, 0.25) is 0 Å². The van der Waals surface area contributed by atoms with E-state index in [1.54, 1.807) is 0 Å². The Kier molecular flexibility index (Phi) is 5.29. The summed E-state index contributed by atoms with van der Waals surface area (Å²) in [6.07, 6.45) is 1.61. The number of fused-ring (bicyclic) bond motifs is 1. The van der Waals surface area contributed by atoms with Crippen LogP contribution in [0.1, 0.15) is 48.7 Å². The Labute approximate surface area is 161 Å². The van der Waals surface area contributed by atoms with Crippen LogP contribution in [0.4, 0.5) is 0 Å². The summed E-state index contributed by atoms with van der Waals surface area (Å²) in [6.45, 7) is 8.03. The summed E-state index contributed by atoms with van der Waals surface area (Å²) < 4.78 is 0. The monoisotopic (exact) mass is 352 g/mol. The second kappa shape index (κ2) is 7.65. The van der Waals surface area contributed by atoms with Gasteiger partial charge in [-0.3, -0.25) is 4.98 Å². The zero-order chi connectivity index (χ0) is 19.4. The number of nitrogens with zero attached hydrogens (tertiary/aromatic N) is 2. The summed E-state index contributed by atoms with van der Waals surface area (Å²) in [5.74, 6) is 6.02. The van der Waals surface area contributed by atoms with Crippen LogP contribution in [0.25, 0.3) is 10.9 Å². The van der Waals surface area contributed by atoms with E-state index in [4.69, 9.17) is 4.98 Å². The molecule has 0 aliphatic heterocycles. The lowest BCUT2D eigenvalue weighted by Gasteiger charge is -2.23. The molecular formula is C25H24N2. The molecule has 2 heteroatoms. The Morgan fingerprint density at radius 3 is 2.63 bits per heavy atom. The van der Waals surface area contributed by atoms with Gasteiger partial charge in [-0.25, -0.2) is 0 Å². The lowest BCUT2D eigenvalue weighted by Crippen LogP contribution is -2.23. The molecule has 3 rings (SSSR count). The van der Waals surface area contributed by atoms with Crippen LogP contribution in [0.3, 0.4) is 0 Å². The molecule has 0 saturated carbocycles. The van der Waals surface area contributed by atoms with Crippen LogP contribution in [0.15, 0.2) is 48.5 Å². The molecule has 0 fully saturated rings. The summed E-state index contributed by atoms with van der Waals surface area (Å²) in [4.78, 5) is 4.77. The van der Waals surface area contributed by atoms with E-state index in [1.807, 2.05) is 26.0 Å². The quantitative estimate of drug-likeness (QED) is 0.581. The SMILES string of the molecule is CC#Cc1cccc(CC(C)(C#N)c2ccc3cc(CC)c(C)nc3c2)c1. The van der Waals surface area contributed by atoms with Crippen LogP contribution < -0.4 is 0 Å². The molecular weight excluding hydrogens is 328 g/mol. The first-order valence-corrected chi connectivity index (χ1v) is 9.33.